The summed E-state index contributed by atoms with van der Waals surface area (Å²) in [4.78, 5) is 0. The lowest BCUT2D eigenvalue weighted by atomic mass is 9.83. The van der Waals surface area contributed by atoms with Gasteiger partial charge >= 0.3 is 0 Å². The highest BCUT2D eigenvalue weighted by molar-refractivity contribution is 5.28. The molecule has 0 atom stereocenters. The molecule has 0 aliphatic heterocycles. The van der Waals surface area contributed by atoms with Gasteiger partial charge in [-0.05, 0) is 42.9 Å². The van der Waals surface area contributed by atoms with E-state index in [1.807, 2.05) is 0 Å². The monoisotopic (exact) mass is 210 g/mol. The van der Waals surface area contributed by atoms with E-state index in [4.69, 9.17) is 0 Å². The molecule has 1 aromatic rings. The first-order valence-electron chi connectivity index (χ1n) is 5.64. The summed E-state index contributed by atoms with van der Waals surface area (Å²) in [7, 11) is 0. The minimum Gasteiger partial charge on any atom is -0.204 e. The largest absolute Gasteiger partial charge is 0.204 e. The summed E-state index contributed by atoms with van der Waals surface area (Å²) in [5.74, 6) is -0.960. The Morgan fingerprint density at radius 1 is 1.07 bits per heavy atom. The molecule has 1 aliphatic carbocycles. The third-order valence-electron chi connectivity index (χ3n) is 3.31. The van der Waals surface area contributed by atoms with Crippen LogP contribution in [0, 0.1) is 18.6 Å². The van der Waals surface area contributed by atoms with Gasteiger partial charge in [-0.25, -0.2) is 8.78 Å². The molecule has 0 nitrogen and oxygen atoms in total. The molecule has 15 heavy (non-hydrogen) atoms. The predicted octanol–water partition coefficient (Wildman–Crippen LogP) is 4.32. The summed E-state index contributed by atoms with van der Waals surface area (Å²) >= 11 is 0. The number of halogens is 2. The number of rotatable bonds is 1. The summed E-state index contributed by atoms with van der Waals surface area (Å²) < 4.78 is 26.3. The fourth-order valence-corrected chi connectivity index (χ4v) is 2.42. The fraction of sp³-hybridized carbons (Fsp3) is 0.538. The molecular formula is C13H16F2. The quantitative estimate of drug-likeness (QED) is 0.647. The van der Waals surface area contributed by atoms with Gasteiger partial charge in [0.15, 0.2) is 11.6 Å². The third kappa shape index (κ3) is 2.19. The van der Waals surface area contributed by atoms with Crippen molar-refractivity contribution >= 4 is 0 Å². The Labute approximate surface area is 89.3 Å². The van der Waals surface area contributed by atoms with Gasteiger partial charge < -0.3 is 0 Å². The van der Waals surface area contributed by atoms with Crippen LogP contribution in [-0.4, -0.2) is 0 Å². The molecule has 1 fully saturated rings. The lowest BCUT2D eigenvalue weighted by molar-refractivity contribution is 0.438. The zero-order valence-corrected chi connectivity index (χ0v) is 9.02. The van der Waals surface area contributed by atoms with E-state index in [9.17, 15) is 8.78 Å². The van der Waals surface area contributed by atoms with Gasteiger partial charge in [0.1, 0.15) is 0 Å². The zero-order valence-electron chi connectivity index (χ0n) is 9.02. The van der Waals surface area contributed by atoms with Crippen molar-refractivity contribution in [3.8, 4) is 0 Å². The van der Waals surface area contributed by atoms with Crippen molar-refractivity contribution < 1.29 is 8.78 Å². The van der Waals surface area contributed by atoms with E-state index in [0.717, 1.165) is 18.4 Å². The average molecular weight is 210 g/mol. The summed E-state index contributed by atoms with van der Waals surface area (Å²) in [6, 6.07) is 3.17. The van der Waals surface area contributed by atoms with Crippen LogP contribution in [-0.2, 0) is 0 Å². The lowest BCUT2D eigenvalue weighted by Crippen LogP contribution is -2.06. The van der Waals surface area contributed by atoms with Crippen LogP contribution in [0.3, 0.4) is 0 Å². The first-order valence-corrected chi connectivity index (χ1v) is 5.64. The highest BCUT2D eigenvalue weighted by Crippen LogP contribution is 2.33. The van der Waals surface area contributed by atoms with Gasteiger partial charge in [-0.3, -0.25) is 0 Å². The first-order chi connectivity index (χ1) is 7.18. The summed E-state index contributed by atoms with van der Waals surface area (Å²) in [6.07, 6.45) is 5.93. The molecule has 0 spiro atoms. The molecule has 0 saturated heterocycles. The van der Waals surface area contributed by atoms with E-state index >= 15 is 0 Å². The van der Waals surface area contributed by atoms with Crippen molar-refractivity contribution in [2.24, 2.45) is 0 Å². The van der Waals surface area contributed by atoms with Crippen molar-refractivity contribution in [1.82, 2.24) is 0 Å². The lowest BCUT2D eigenvalue weighted by Gasteiger charge is -2.22. The first kappa shape index (κ1) is 10.6. The Morgan fingerprint density at radius 3 is 2.33 bits per heavy atom. The number of aryl methyl sites for hydroxylation is 1. The molecule has 82 valence electrons. The summed E-state index contributed by atoms with van der Waals surface area (Å²) in [5, 5.41) is 0. The highest BCUT2D eigenvalue weighted by atomic mass is 19.2. The van der Waals surface area contributed by atoms with Crippen LogP contribution in [0.5, 0.6) is 0 Å². The van der Waals surface area contributed by atoms with Gasteiger partial charge in [-0.2, -0.15) is 0 Å². The van der Waals surface area contributed by atoms with E-state index in [1.54, 1.807) is 13.0 Å². The molecule has 1 aliphatic rings. The molecular weight excluding hydrogens is 194 g/mol. The predicted molar refractivity (Wildman–Crippen MR) is 56.9 cm³/mol. The molecule has 0 bridgehead atoms. The van der Waals surface area contributed by atoms with Crippen molar-refractivity contribution in [3.05, 3.63) is 34.9 Å². The SMILES string of the molecule is Cc1cc(C2CCCCC2)cc(F)c1F. The van der Waals surface area contributed by atoms with Crippen molar-refractivity contribution in [2.45, 2.75) is 44.9 Å². The maximum Gasteiger partial charge on any atom is 0.161 e. The number of benzene rings is 1. The van der Waals surface area contributed by atoms with Crippen molar-refractivity contribution in [2.75, 3.05) is 0 Å². The van der Waals surface area contributed by atoms with E-state index in [1.165, 1.54) is 25.3 Å². The van der Waals surface area contributed by atoms with Crippen LogP contribution in [0.4, 0.5) is 8.78 Å². The number of hydrogen-bond acceptors (Lipinski definition) is 0. The van der Waals surface area contributed by atoms with E-state index in [2.05, 4.69) is 0 Å². The molecule has 0 amide bonds. The van der Waals surface area contributed by atoms with Crippen LogP contribution in [0.2, 0.25) is 0 Å². The minimum atomic E-state index is -0.699. The van der Waals surface area contributed by atoms with Gasteiger partial charge in [0.2, 0.25) is 0 Å². The maximum atomic E-state index is 13.2. The van der Waals surface area contributed by atoms with E-state index in [-0.39, 0.29) is 0 Å². The topological polar surface area (TPSA) is 0 Å². The molecule has 0 heterocycles. The molecule has 2 rings (SSSR count). The van der Waals surface area contributed by atoms with Crippen LogP contribution in [0.25, 0.3) is 0 Å². The van der Waals surface area contributed by atoms with Crippen LogP contribution < -0.4 is 0 Å². The van der Waals surface area contributed by atoms with Crippen molar-refractivity contribution in [3.63, 3.8) is 0 Å². The summed E-state index contributed by atoms with van der Waals surface area (Å²) in [6.45, 7) is 1.63. The Morgan fingerprint density at radius 2 is 1.73 bits per heavy atom. The molecule has 0 radical (unpaired) electrons. The third-order valence-corrected chi connectivity index (χ3v) is 3.31. The Bertz CT molecular complexity index is 329. The molecule has 0 N–H and O–H groups in total. The van der Waals surface area contributed by atoms with Gasteiger partial charge in [-0.15, -0.1) is 0 Å². The molecule has 1 aromatic carbocycles. The van der Waals surface area contributed by atoms with Gasteiger partial charge in [0.25, 0.3) is 0 Å². The maximum absolute atomic E-state index is 13.2. The molecule has 2 heteroatoms. The second-order valence-corrected chi connectivity index (χ2v) is 4.47. The van der Waals surface area contributed by atoms with Gasteiger partial charge in [-0.1, -0.05) is 25.3 Å². The molecule has 0 aromatic heterocycles. The van der Waals surface area contributed by atoms with E-state index < -0.39 is 11.6 Å². The Balaban J connectivity index is 2.27. The van der Waals surface area contributed by atoms with Crippen LogP contribution >= 0.6 is 0 Å². The van der Waals surface area contributed by atoms with Gasteiger partial charge in [0, 0.05) is 0 Å². The minimum absolute atomic E-state index is 0.426. The highest BCUT2D eigenvalue weighted by Gasteiger charge is 2.18. The van der Waals surface area contributed by atoms with Crippen LogP contribution in [0.15, 0.2) is 12.1 Å². The Hall–Kier alpha value is -0.920. The zero-order chi connectivity index (χ0) is 10.8. The second kappa shape index (κ2) is 4.30. The summed E-state index contributed by atoms with van der Waals surface area (Å²) in [5.41, 5.74) is 1.40. The smallest absolute Gasteiger partial charge is 0.161 e. The second-order valence-electron chi connectivity index (χ2n) is 4.47. The molecule has 1 saturated carbocycles. The normalized spacial score (nSPS) is 18.1. The standard InChI is InChI=1S/C13H16F2/c1-9-7-11(8-12(14)13(9)15)10-5-3-2-4-6-10/h7-8,10H,2-6H2,1H3. The van der Waals surface area contributed by atoms with Crippen molar-refractivity contribution in [1.29, 1.82) is 0 Å². The van der Waals surface area contributed by atoms with Gasteiger partial charge in [0.05, 0.1) is 0 Å². The Kier molecular flexibility index (Phi) is 3.03. The van der Waals surface area contributed by atoms with E-state index in [0.29, 0.717) is 11.5 Å². The van der Waals surface area contributed by atoms with Crippen LogP contribution in [0.1, 0.15) is 49.1 Å². The fourth-order valence-electron chi connectivity index (χ4n) is 2.42. The number of hydrogen-bond donors (Lipinski definition) is 0. The average Bonchev–Trinajstić information content (AvgIpc) is 2.26. The molecule has 0 unspecified atom stereocenters.